The van der Waals surface area contributed by atoms with E-state index in [-0.39, 0.29) is 11.8 Å². The van der Waals surface area contributed by atoms with Crippen molar-refractivity contribution in [2.45, 2.75) is 6.92 Å². The Morgan fingerprint density at radius 2 is 1.70 bits per heavy atom. The van der Waals surface area contributed by atoms with Crippen LogP contribution in [0, 0.1) is 0 Å². The highest BCUT2D eigenvalue weighted by molar-refractivity contribution is 5.99. The maximum absolute atomic E-state index is 12.9. The van der Waals surface area contributed by atoms with E-state index in [9.17, 15) is 9.59 Å². The number of anilines is 1. The fourth-order valence-electron chi connectivity index (χ4n) is 2.99. The number of hydrogen-bond acceptors (Lipinski definition) is 5. The van der Waals surface area contributed by atoms with Crippen LogP contribution < -0.4 is 4.90 Å². The quantitative estimate of drug-likeness (QED) is 0.780. The molecule has 2 amide bonds. The predicted octanol–water partition coefficient (Wildman–Crippen LogP) is 0.223. The van der Waals surface area contributed by atoms with Gasteiger partial charge in [-0.3, -0.25) is 9.59 Å². The minimum Gasteiger partial charge on any atom is -0.378 e. The molecule has 0 saturated carbocycles. The summed E-state index contributed by atoms with van der Waals surface area (Å²) in [7, 11) is 0. The molecule has 2 aliphatic heterocycles. The summed E-state index contributed by atoms with van der Waals surface area (Å²) < 4.78 is 5.37. The van der Waals surface area contributed by atoms with Crippen LogP contribution in [-0.4, -0.2) is 79.1 Å². The molecule has 0 aromatic carbocycles. The Morgan fingerprint density at radius 1 is 1.04 bits per heavy atom. The molecule has 2 fully saturated rings. The minimum atomic E-state index is -0.0113. The smallest absolute Gasteiger partial charge is 0.257 e. The largest absolute Gasteiger partial charge is 0.378 e. The van der Waals surface area contributed by atoms with Crippen LogP contribution in [0.1, 0.15) is 17.3 Å². The molecule has 2 aliphatic rings. The minimum absolute atomic E-state index is 0.0113. The van der Waals surface area contributed by atoms with Crippen molar-refractivity contribution in [3.63, 3.8) is 0 Å². The molecule has 0 atom stereocenters. The molecule has 3 rings (SSSR count). The number of aromatic nitrogens is 1. The number of carbonyl (C=O) groups is 2. The van der Waals surface area contributed by atoms with Crippen LogP contribution in [0.5, 0.6) is 0 Å². The molecule has 2 saturated heterocycles. The fourth-order valence-corrected chi connectivity index (χ4v) is 2.99. The molecule has 23 heavy (non-hydrogen) atoms. The van der Waals surface area contributed by atoms with E-state index < -0.39 is 0 Å². The van der Waals surface area contributed by atoms with Crippen LogP contribution in [0.25, 0.3) is 0 Å². The lowest BCUT2D eigenvalue weighted by atomic mass is 10.2. The second kappa shape index (κ2) is 6.95. The number of rotatable bonds is 2. The summed E-state index contributed by atoms with van der Waals surface area (Å²) in [5.41, 5.74) is 0.630. The van der Waals surface area contributed by atoms with Crippen molar-refractivity contribution in [2.24, 2.45) is 0 Å². The third-order valence-corrected chi connectivity index (χ3v) is 4.34. The van der Waals surface area contributed by atoms with Crippen molar-refractivity contribution in [3.05, 3.63) is 23.9 Å². The summed E-state index contributed by atoms with van der Waals surface area (Å²) in [5, 5.41) is 0. The van der Waals surface area contributed by atoms with Gasteiger partial charge in [-0.25, -0.2) is 4.98 Å². The van der Waals surface area contributed by atoms with Gasteiger partial charge in [0.1, 0.15) is 5.82 Å². The maximum Gasteiger partial charge on any atom is 0.257 e. The van der Waals surface area contributed by atoms with Crippen molar-refractivity contribution in [2.75, 3.05) is 57.4 Å². The van der Waals surface area contributed by atoms with E-state index in [4.69, 9.17) is 4.74 Å². The van der Waals surface area contributed by atoms with Crippen molar-refractivity contribution < 1.29 is 14.3 Å². The van der Waals surface area contributed by atoms with Crippen LogP contribution >= 0.6 is 0 Å². The van der Waals surface area contributed by atoms with Crippen molar-refractivity contribution in [1.82, 2.24) is 14.8 Å². The highest BCUT2D eigenvalue weighted by atomic mass is 16.5. The average molecular weight is 318 g/mol. The highest BCUT2D eigenvalue weighted by Gasteiger charge is 2.27. The van der Waals surface area contributed by atoms with E-state index in [0.29, 0.717) is 45.0 Å². The highest BCUT2D eigenvalue weighted by Crippen LogP contribution is 2.21. The number of pyridine rings is 1. The zero-order valence-electron chi connectivity index (χ0n) is 13.4. The van der Waals surface area contributed by atoms with Gasteiger partial charge in [-0.2, -0.15) is 0 Å². The maximum atomic E-state index is 12.9. The normalized spacial score (nSPS) is 18.9. The SMILES string of the molecule is CC(=O)N1CCN(C(=O)c2cccnc2N2CCOCC2)CC1. The van der Waals surface area contributed by atoms with Gasteiger partial charge in [0, 0.05) is 52.4 Å². The Balaban J connectivity index is 1.74. The van der Waals surface area contributed by atoms with Gasteiger partial charge in [-0.15, -0.1) is 0 Å². The van der Waals surface area contributed by atoms with Gasteiger partial charge >= 0.3 is 0 Å². The first-order valence-corrected chi connectivity index (χ1v) is 7.99. The molecule has 7 heteroatoms. The Bertz CT molecular complexity index is 578. The second-order valence-corrected chi connectivity index (χ2v) is 5.77. The monoisotopic (exact) mass is 318 g/mol. The van der Waals surface area contributed by atoms with Gasteiger partial charge < -0.3 is 19.4 Å². The summed E-state index contributed by atoms with van der Waals surface area (Å²) in [4.78, 5) is 34.4. The number of piperazine rings is 1. The lowest BCUT2D eigenvalue weighted by molar-refractivity contribution is -0.130. The second-order valence-electron chi connectivity index (χ2n) is 5.77. The van der Waals surface area contributed by atoms with Gasteiger partial charge in [0.15, 0.2) is 0 Å². The van der Waals surface area contributed by atoms with Crippen LogP contribution in [0.15, 0.2) is 18.3 Å². The summed E-state index contributed by atoms with van der Waals surface area (Å²) in [6.45, 7) is 6.68. The Labute approximate surface area is 135 Å². The van der Waals surface area contributed by atoms with E-state index in [0.717, 1.165) is 18.9 Å². The van der Waals surface area contributed by atoms with E-state index in [1.54, 1.807) is 29.0 Å². The van der Waals surface area contributed by atoms with Crippen LogP contribution in [0.4, 0.5) is 5.82 Å². The number of carbonyl (C=O) groups excluding carboxylic acids is 2. The van der Waals surface area contributed by atoms with Crippen LogP contribution in [-0.2, 0) is 9.53 Å². The molecule has 1 aromatic rings. The van der Waals surface area contributed by atoms with Crippen LogP contribution in [0.3, 0.4) is 0 Å². The van der Waals surface area contributed by atoms with Crippen molar-refractivity contribution in [3.8, 4) is 0 Å². The van der Waals surface area contributed by atoms with Crippen molar-refractivity contribution >= 4 is 17.6 Å². The van der Waals surface area contributed by atoms with E-state index in [1.807, 2.05) is 6.07 Å². The molecule has 0 radical (unpaired) electrons. The molecule has 0 bridgehead atoms. The first kappa shape index (κ1) is 15.7. The van der Waals surface area contributed by atoms with Crippen molar-refractivity contribution in [1.29, 1.82) is 0 Å². The lowest BCUT2D eigenvalue weighted by Gasteiger charge is -2.35. The first-order chi connectivity index (χ1) is 11.2. The van der Waals surface area contributed by atoms with Gasteiger partial charge in [-0.1, -0.05) is 0 Å². The summed E-state index contributed by atoms with van der Waals surface area (Å²) in [6, 6.07) is 3.63. The molecule has 0 spiro atoms. The summed E-state index contributed by atoms with van der Waals surface area (Å²) in [5.74, 6) is 0.782. The number of hydrogen-bond donors (Lipinski definition) is 0. The number of morpholine rings is 1. The molecule has 0 N–H and O–H groups in total. The molecule has 7 nitrogen and oxygen atoms in total. The third kappa shape index (κ3) is 3.44. The third-order valence-electron chi connectivity index (χ3n) is 4.34. The fraction of sp³-hybridized carbons (Fsp3) is 0.562. The number of nitrogens with zero attached hydrogens (tertiary/aromatic N) is 4. The van der Waals surface area contributed by atoms with E-state index in [2.05, 4.69) is 9.88 Å². The van der Waals surface area contributed by atoms with E-state index >= 15 is 0 Å². The molecular formula is C16H22N4O3. The molecule has 0 unspecified atom stereocenters. The van der Waals surface area contributed by atoms with Gasteiger partial charge in [0.2, 0.25) is 5.91 Å². The summed E-state index contributed by atoms with van der Waals surface area (Å²) >= 11 is 0. The van der Waals surface area contributed by atoms with Gasteiger partial charge in [-0.05, 0) is 12.1 Å². The topological polar surface area (TPSA) is 66.0 Å². The number of amides is 2. The zero-order chi connectivity index (χ0) is 16.2. The Kier molecular flexibility index (Phi) is 4.76. The average Bonchev–Trinajstić information content (AvgIpc) is 2.62. The van der Waals surface area contributed by atoms with Gasteiger partial charge in [0.25, 0.3) is 5.91 Å². The molecule has 124 valence electrons. The molecular weight excluding hydrogens is 296 g/mol. The van der Waals surface area contributed by atoms with E-state index in [1.165, 1.54) is 0 Å². The predicted molar refractivity (Wildman–Crippen MR) is 85.4 cm³/mol. The molecule has 0 aliphatic carbocycles. The molecule has 1 aromatic heterocycles. The Morgan fingerprint density at radius 3 is 2.35 bits per heavy atom. The zero-order valence-corrected chi connectivity index (χ0v) is 13.4. The Hall–Kier alpha value is -2.15. The van der Waals surface area contributed by atoms with Crippen LogP contribution in [0.2, 0.25) is 0 Å². The summed E-state index contributed by atoms with van der Waals surface area (Å²) in [6.07, 6.45) is 1.72. The standard InChI is InChI=1S/C16H22N4O3/c1-13(21)18-5-7-20(8-6-18)16(22)14-3-2-4-17-15(14)19-9-11-23-12-10-19/h2-4H,5-12H2,1H3. The number of ether oxygens (including phenoxy) is 1. The lowest BCUT2D eigenvalue weighted by Crippen LogP contribution is -2.50. The van der Waals surface area contributed by atoms with Gasteiger partial charge in [0.05, 0.1) is 18.8 Å². The first-order valence-electron chi connectivity index (χ1n) is 7.99. The molecule has 3 heterocycles.